The molecule has 4 rings (SSSR count). The molecule has 0 radical (unpaired) electrons. The van der Waals surface area contributed by atoms with E-state index in [0.29, 0.717) is 12.8 Å². The van der Waals surface area contributed by atoms with Gasteiger partial charge in [-0.05, 0) is 69.1 Å². The zero-order valence-corrected chi connectivity index (χ0v) is 22.6. The van der Waals surface area contributed by atoms with E-state index in [1.807, 2.05) is 0 Å². The number of carbonyl (C=O) groups is 4. The van der Waals surface area contributed by atoms with Crippen LogP contribution < -0.4 is 0 Å². The normalized spacial score (nSPS) is 41.4. The standard InChI is InChI=1S/C29H38F2O7/c1-5-7-24(35)37-16-23(34)28(38-25(36)8-6-2)12-10-18-19-14-21(30)20-13-17(32)9-11-26(20,3)29(19,31)22(33)15-27(18,28)4/h9,11,13,18-19,21-22,33H,5-8,10,12,14-16H2,1-4H3/t18-,19-,21-,22-,26-,27-,28-,29-/m0/s1. The number of esters is 2. The number of halogens is 2. The molecule has 0 aromatic carbocycles. The number of aliphatic hydroxyl groups is 1. The SMILES string of the molecule is CCCC(=O)OCC(=O)[C@@]1(OC(=O)CCC)CC[C@H]2[C@@H]3C[C@H](F)C4=CC(=O)C=C[C@]4(C)[C@@]3(F)[C@@H](O)C[C@@]21C. The number of hydrogen-bond donors (Lipinski definition) is 1. The van der Waals surface area contributed by atoms with Gasteiger partial charge in [-0.2, -0.15) is 0 Å². The van der Waals surface area contributed by atoms with Crippen LogP contribution in [0.25, 0.3) is 0 Å². The van der Waals surface area contributed by atoms with Crippen molar-refractivity contribution in [2.45, 2.75) is 103 Å². The Labute approximate surface area is 222 Å². The van der Waals surface area contributed by atoms with Gasteiger partial charge in [-0.25, -0.2) is 8.78 Å². The molecule has 1 N–H and O–H groups in total. The molecule has 0 aromatic heterocycles. The molecule has 0 heterocycles. The molecule has 8 atom stereocenters. The third-order valence-electron chi connectivity index (χ3n) is 9.76. The third kappa shape index (κ3) is 3.98. The van der Waals surface area contributed by atoms with Gasteiger partial charge >= 0.3 is 11.9 Å². The van der Waals surface area contributed by atoms with Gasteiger partial charge in [0.25, 0.3) is 0 Å². The van der Waals surface area contributed by atoms with Gasteiger partial charge in [0.1, 0.15) is 6.17 Å². The zero-order chi connectivity index (χ0) is 28.1. The Hall–Kier alpha value is -2.42. The molecule has 210 valence electrons. The molecule has 9 heteroatoms. The lowest BCUT2D eigenvalue weighted by Crippen LogP contribution is -2.70. The van der Waals surface area contributed by atoms with E-state index in [-0.39, 0.29) is 44.1 Å². The van der Waals surface area contributed by atoms with Crippen molar-refractivity contribution in [2.24, 2.45) is 22.7 Å². The van der Waals surface area contributed by atoms with Crippen molar-refractivity contribution in [3.05, 3.63) is 23.8 Å². The minimum absolute atomic E-state index is 0.0175. The average molecular weight is 537 g/mol. The Morgan fingerprint density at radius 2 is 1.76 bits per heavy atom. The summed E-state index contributed by atoms with van der Waals surface area (Å²) >= 11 is 0. The molecule has 4 aliphatic rings. The summed E-state index contributed by atoms with van der Waals surface area (Å²) in [6.45, 7) is 6.19. The Kier molecular flexibility index (Phi) is 7.49. The van der Waals surface area contributed by atoms with Crippen molar-refractivity contribution in [3.63, 3.8) is 0 Å². The van der Waals surface area contributed by atoms with Gasteiger partial charge in [0.2, 0.25) is 5.78 Å². The smallest absolute Gasteiger partial charge is 0.306 e. The van der Waals surface area contributed by atoms with Crippen LogP contribution in [0.15, 0.2) is 23.8 Å². The van der Waals surface area contributed by atoms with Gasteiger partial charge in [-0.1, -0.05) is 26.8 Å². The monoisotopic (exact) mass is 536 g/mol. The quantitative estimate of drug-likeness (QED) is 0.461. The van der Waals surface area contributed by atoms with Crippen LogP contribution in [-0.4, -0.2) is 58.8 Å². The predicted octanol–water partition coefficient (Wildman–Crippen LogP) is 4.30. The summed E-state index contributed by atoms with van der Waals surface area (Å²) in [6.07, 6.45) is 1.48. The molecule has 0 saturated heterocycles. The maximum absolute atomic E-state index is 17.3. The molecule has 3 fully saturated rings. The van der Waals surface area contributed by atoms with Gasteiger partial charge < -0.3 is 14.6 Å². The molecule has 0 bridgehead atoms. The average Bonchev–Trinajstić information content (AvgIpc) is 3.13. The largest absolute Gasteiger partial charge is 0.457 e. The second-order valence-corrected chi connectivity index (χ2v) is 11.8. The second-order valence-electron chi connectivity index (χ2n) is 11.8. The molecule has 0 spiro atoms. The van der Waals surface area contributed by atoms with Crippen LogP contribution in [-0.2, 0) is 28.7 Å². The van der Waals surface area contributed by atoms with Gasteiger partial charge in [0, 0.05) is 29.6 Å². The minimum Gasteiger partial charge on any atom is -0.457 e. The van der Waals surface area contributed by atoms with Crippen molar-refractivity contribution in [1.29, 1.82) is 0 Å². The molecule has 0 aliphatic heterocycles. The fourth-order valence-corrected chi connectivity index (χ4v) is 7.86. The lowest BCUT2D eigenvalue weighted by Gasteiger charge is -2.63. The first-order valence-electron chi connectivity index (χ1n) is 13.7. The number of allylic oxidation sites excluding steroid dienone is 4. The Morgan fingerprint density at radius 3 is 2.42 bits per heavy atom. The van der Waals surface area contributed by atoms with E-state index in [1.165, 1.54) is 19.1 Å². The first kappa shape index (κ1) is 28.6. The van der Waals surface area contributed by atoms with Crippen LogP contribution in [0.1, 0.15) is 79.1 Å². The first-order valence-corrected chi connectivity index (χ1v) is 13.7. The summed E-state index contributed by atoms with van der Waals surface area (Å²) in [4.78, 5) is 50.6. The van der Waals surface area contributed by atoms with Gasteiger partial charge in [0.05, 0.1) is 6.10 Å². The number of rotatable bonds is 8. The summed E-state index contributed by atoms with van der Waals surface area (Å²) in [6, 6.07) is 0. The van der Waals surface area contributed by atoms with Crippen molar-refractivity contribution in [3.8, 4) is 0 Å². The highest BCUT2D eigenvalue weighted by molar-refractivity contribution is 6.01. The van der Waals surface area contributed by atoms with Crippen molar-refractivity contribution >= 4 is 23.5 Å². The number of hydrogen-bond acceptors (Lipinski definition) is 7. The number of Topliss-reactive ketones (excluding diaryl/α,β-unsaturated/α-hetero) is 1. The Bertz CT molecular complexity index is 1080. The van der Waals surface area contributed by atoms with Crippen LogP contribution >= 0.6 is 0 Å². The topological polar surface area (TPSA) is 107 Å². The van der Waals surface area contributed by atoms with Crippen LogP contribution in [0, 0.1) is 22.7 Å². The summed E-state index contributed by atoms with van der Waals surface area (Å²) in [7, 11) is 0. The number of carbonyl (C=O) groups excluding carboxylic acids is 4. The number of ether oxygens (including phenoxy) is 2. The maximum Gasteiger partial charge on any atom is 0.306 e. The fourth-order valence-electron chi connectivity index (χ4n) is 7.86. The van der Waals surface area contributed by atoms with Gasteiger partial charge in [-0.15, -0.1) is 0 Å². The van der Waals surface area contributed by atoms with E-state index < -0.39 is 76.3 Å². The molecule has 0 aromatic rings. The van der Waals surface area contributed by atoms with E-state index in [1.54, 1.807) is 20.8 Å². The lowest BCUT2D eigenvalue weighted by atomic mass is 9.44. The molecule has 0 amide bonds. The van der Waals surface area contributed by atoms with E-state index in [9.17, 15) is 24.3 Å². The first-order chi connectivity index (χ1) is 17.8. The molecule has 7 nitrogen and oxygen atoms in total. The van der Waals surface area contributed by atoms with E-state index in [4.69, 9.17) is 9.47 Å². The molecule has 38 heavy (non-hydrogen) atoms. The number of fused-ring (bicyclic) bond motifs is 5. The highest BCUT2D eigenvalue weighted by Gasteiger charge is 2.76. The summed E-state index contributed by atoms with van der Waals surface area (Å²) < 4.78 is 44.1. The highest BCUT2D eigenvalue weighted by atomic mass is 19.1. The Balaban J connectivity index is 1.76. The Morgan fingerprint density at radius 1 is 1.11 bits per heavy atom. The van der Waals surface area contributed by atoms with E-state index in [0.717, 1.165) is 6.08 Å². The number of ketones is 2. The van der Waals surface area contributed by atoms with E-state index >= 15 is 8.78 Å². The van der Waals surface area contributed by atoms with Gasteiger partial charge in [-0.3, -0.25) is 19.2 Å². The summed E-state index contributed by atoms with van der Waals surface area (Å²) in [5.74, 6) is -3.81. The molecule has 0 unspecified atom stereocenters. The molecule has 4 aliphatic carbocycles. The summed E-state index contributed by atoms with van der Waals surface area (Å²) in [5.41, 5.74) is -6.81. The zero-order valence-electron chi connectivity index (χ0n) is 22.6. The van der Waals surface area contributed by atoms with Crippen LogP contribution in [0.4, 0.5) is 8.78 Å². The predicted molar refractivity (Wildman–Crippen MR) is 133 cm³/mol. The minimum atomic E-state index is -2.30. The van der Waals surface area contributed by atoms with Crippen molar-refractivity contribution < 1.29 is 42.5 Å². The maximum atomic E-state index is 17.3. The number of aliphatic hydroxyl groups excluding tert-OH is 1. The van der Waals surface area contributed by atoms with Crippen molar-refractivity contribution in [2.75, 3.05) is 6.61 Å². The van der Waals surface area contributed by atoms with Crippen LogP contribution in [0.5, 0.6) is 0 Å². The highest BCUT2D eigenvalue weighted by Crippen LogP contribution is 2.70. The lowest BCUT2D eigenvalue weighted by molar-refractivity contribution is -0.229. The summed E-state index contributed by atoms with van der Waals surface area (Å²) in [5, 5.41) is 11.5. The van der Waals surface area contributed by atoms with Crippen LogP contribution in [0.3, 0.4) is 0 Å². The van der Waals surface area contributed by atoms with E-state index in [2.05, 4.69) is 0 Å². The second kappa shape index (κ2) is 9.96. The molecular weight excluding hydrogens is 498 g/mol. The fraction of sp³-hybridized carbons (Fsp3) is 0.724. The molecular formula is C29H38F2O7. The van der Waals surface area contributed by atoms with Crippen molar-refractivity contribution in [1.82, 2.24) is 0 Å². The third-order valence-corrected chi connectivity index (χ3v) is 9.76. The van der Waals surface area contributed by atoms with Gasteiger partial charge in [0.15, 0.2) is 23.7 Å². The molecule has 3 saturated carbocycles. The van der Waals surface area contributed by atoms with Crippen LogP contribution in [0.2, 0.25) is 0 Å². The number of alkyl halides is 2.